The Kier molecular flexibility index (Phi) is 8.97. The van der Waals surface area contributed by atoms with Crippen LogP contribution in [0, 0.1) is 11.8 Å². The topological polar surface area (TPSA) is 159 Å². The number of halogens is 2. The van der Waals surface area contributed by atoms with Gasteiger partial charge in [-0.25, -0.2) is 4.79 Å². The fourth-order valence-electron chi connectivity index (χ4n) is 4.76. The van der Waals surface area contributed by atoms with E-state index in [0.717, 1.165) is 0 Å². The van der Waals surface area contributed by atoms with E-state index < -0.39 is 66.1 Å². The lowest BCUT2D eigenvalue weighted by Crippen LogP contribution is -2.66. The Hall–Kier alpha value is -4.62. The van der Waals surface area contributed by atoms with Gasteiger partial charge in [0.25, 0.3) is 0 Å². The SMILES string of the molecule is CC(OC(=O)Cc1cc(C[C@H]2C(=O)N(C(=O)C[C@H](C)c3ccc4c(c3)OC(F)(F)O4)[C@@H]2C(=O)O)ccn1)OC(=O)C(C)C. The van der Waals surface area contributed by atoms with Crippen LogP contribution >= 0.6 is 0 Å². The van der Waals surface area contributed by atoms with Crippen molar-refractivity contribution >= 4 is 29.7 Å². The van der Waals surface area contributed by atoms with Crippen LogP contribution in [-0.4, -0.2) is 63.3 Å². The number of carbonyl (C=O) groups is 5. The summed E-state index contributed by atoms with van der Waals surface area (Å²) in [6.07, 6.45) is -4.06. The van der Waals surface area contributed by atoms with E-state index in [1.807, 2.05) is 0 Å². The van der Waals surface area contributed by atoms with Crippen molar-refractivity contribution in [3.63, 3.8) is 0 Å². The van der Waals surface area contributed by atoms with Crippen LogP contribution in [0.5, 0.6) is 11.5 Å². The number of aliphatic carboxylic acids is 1. The number of aromatic nitrogens is 1. The highest BCUT2D eigenvalue weighted by Gasteiger charge is 2.54. The van der Waals surface area contributed by atoms with E-state index >= 15 is 0 Å². The fourth-order valence-corrected chi connectivity index (χ4v) is 4.76. The molecule has 3 heterocycles. The van der Waals surface area contributed by atoms with Gasteiger partial charge in [-0.15, -0.1) is 8.78 Å². The predicted octanol–water partition coefficient (Wildman–Crippen LogP) is 3.21. The van der Waals surface area contributed by atoms with Crippen LogP contribution in [0.2, 0.25) is 0 Å². The van der Waals surface area contributed by atoms with Gasteiger partial charge in [-0.05, 0) is 47.7 Å². The number of rotatable bonds is 11. The number of carboxylic acids is 1. The Balaban J connectivity index is 1.36. The van der Waals surface area contributed by atoms with Crippen molar-refractivity contribution in [2.75, 3.05) is 0 Å². The molecule has 0 aliphatic carbocycles. The largest absolute Gasteiger partial charge is 0.586 e. The Bertz CT molecular complexity index is 1450. The number of imide groups is 1. The average molecular weight is 605 g/mol. The standard InChI is InChI=1S/C29H30F2N2O10/c1-14(2)28(39)41-16(4)40-24(35)13-19-10-17(7-8-32-19)11-20-25(27(37)38)33(26(20)36)23(34)9-15(3)18-5-6-21-22(12-18)43-29(30,31)42-21/h5-8,10,12,14-16,20,25H,9,11,13H2,1-4H3,(H,37,38)/t15-,16?,20+,25-/m0/s1. The Labute approximate surface area is 244 Å². The third-order valence-corrected chi connectivity index (χ3v) is 6.92. The minimum absolute atomic E-state index is 0.0293. The predicted molar refractivity (Wildman–Crippen MR) is 141 cm³/mol. The molecular formula is C29H30F2N2O10. The highest BCUT2D eigenvalue weighted by atomic mass is 19.3. The van der Waals surface area contributed by atoms with Crippen molar-refractivity contribution in [3.8, 4) is 11.5 Å². The summed E-state index contributed by atoms with van der Waals surface area (Å²) in [7, 11) is 0. The molecule has 1 unspecified atom stereocenters. The Morgan fingerprint density at radius 3 is 2.42 bits per heavy atom. The zero-order valence-electron chi connectivity index (χ0n) is 23.7. The number of ether oxygens (including phenoxy) is 4. The van der Waals surface area contributed by atoms with Gasteiger partial charge in [0.2, 0.25) is 18.1 Å². The van der Waals surface area contributed by atoms with Gasteiger partial charge in [0.1, 0.15) is 6.04 Å². The van der Waals surface area contributed by atoms with E-state index in [4.69, 9.17) is 9.47 Å². The lowest BCUT2D eigenvalue weighted by molar-refractivity contribution is -0.286. The summed E-state index contributed by atoms with van der Waals surface area (Å²) in [6, 6.07) is 5.73. The van der Waals surface area contributed by atoms with Gasteiger partial charge >= 0.3 is 24.2 Å². The summed E-state index contributed by atoms with van der Waals surface area (Å²) in [5, 5.41) is 9.82. The van der Waals surface area contributed by atoms with Crippen molar-refractivity contribution in [2.24, 2.45) is 11.8 Å². The minimum atomic E-state index is -3.80. The van der Waals surface area contributed by atoms with E-state index in [9.17, 15) is 37.9 Å². The van der Waals surface area contributed by atoms with Crippen molar-refractivity contribution < 1.29 is 56.8 Å². The summed E-state index contributed by atoms with van der Waals surface area (Å²) >= 11 is 0. The molecule has 1 fully saturated rings. The second kappa shape index (κ2) is 12.3. The smallest absolute Gasteiger partial charge is 0.480 e. The Morgan fingerprint density at radius 2 is 1.74 bits per heavy atom. The first-order valence-electron chi connectivity index (χ1n) is 13.5. The van der Waals surface area contributed by atoms with Crippen LogP contribution in [0.25, 0.3) is 0 Å². The van der Waals surface area contributed by atoms with Gasteiger partial charge in [-0.2, -0.15) is 0 Å². The van der Waals surface area contributed by atoms with Crippen LogP contribution in [0.15, 0.2) is 36.5 Å². The molecule has 230 valence electrons. The number of alkyl halides is 2. The first-order valence-corrected chi connectivity index (χ1v) is 13.5. The normalized spacial score (nSPS) is 19.8. The Morgan fingerprint density at radius 1 is 1.05 bits per heavy atom. The lowest BCUT2D eigenvalue weighted by Gasteiger charge is -2.43. The van der Waals surface area contributed by atoms with Gasteiger partial charge in [0.05, 0.1) is 24.0 Å². The van der Waals surface area contributed by atoms with E-state index in [1.54, 1.807) is 26.8 Å². The number of benzene rings is 1. The van der Waals surface area contributed by atoms with E-state index in [0.29, 0.717) is 16.0 Å². The van der Waals surface area contributed by atoms with E-state index in [-0.39, 0.29) is 36.5 Å². The third-order valence-electron chi connectivity index (χ3n) is 6.92. The molecule has 2 amide bonds. The van der Waals surface area contributed by atoms with Crippen LogP contribution in [0.1, 0.15) is 56.9 Å². The molecule has 14 heteroatoms. The second-order valence-electron chi connectivity index (χ2n) is 10.7. The number of carbonyl (C=O) groups excluding carboxylic acids is 4. The fraction of sp³-hybridized carbons (Fsp3) is 0.448. The maximum absolute atomic E-state index is 13.3. The summed E-state index contributed by atoms with van der Waals surface area (Å²) in [6.45, 7) is 6.31. The maximum Gasteiger partial charge on any atom is 0.586 e. The van der Waals surface area contributed by atoms with Gasteiger partial charge in [0, 0.05) is 19.5 Å². The minimum Gasteiger partial charge on any atom is -0.480 e. The van der Waals surface area contributed by atoms with Crippen molar-refractivity contribution in [2.45, 2.75) is 71.5 Å². The van der Waals surface area contributed by atoms with Crippen molar-refractivity contribution in [1.29, 1.82) is 0 Å². The molecule has 1 saturated heterocycles. The molecule has 43 heavy (non-hydrogen) atoms. The number of hydrogen-bond donors (Lipinski definition) is 1. The number of esters is 2. The van der Waals surface area contributed by atoms with Gasteiger partial charge in [0.15, 0.2) is 11.5 Å². The molecule has 2 aliphatic rings. The van der Waals surface area contributed by atoms with Gasteiger partial charge < -0.3 is 24.1 Å². The summed E-state index contributed by atoms with van der Waals surface area (Å²) in [5.41, 5.74) is 1.26. The first-order chi connectivity index (χ1) is 20.1. The number of amides is 2. The zero-order chi connectivity index (χ0) is 31.6. The molecule has 0 saturated carbocycles. The molecule has 0 bridgehead atoms. The molecule has 1 aromatic heterocycles. The molecule has 4 atom stereocenters. The number of β-lactam (4-membered cyclic amide) rings is 1. The highest BCUT2D eigenvalue weighted by Crippen LogP contribution is 2.43. The second-order valence-corrected chi connectivity index (χ2v) is 10.7. The number of nitrogens with zero attached hydrogens (tertiary/aromatic N) is 2. The van der Waals surface area contributed by atoms with E-state index in [1.165, 1.54) is 37.4 Å². The quantitative estimate of drug-likeness (QED) is 0.228. The number of fused-ring (bicyclic) bond motifs is 1. The molecule has 2 aliphatic heterocycles. The zero-order valence-corrected chi connectivity index (χ0v) is 23.7. The molecule has 12 nitrogen and oxygen atoms in total. The van der Waals surface area contributed by atoms with Crippen LogP contribution in [0.3, 0.4) is 0 Å². The molecule has 0 spiro atoms. The van der Waals surface area contributed by atoms with Crippen molar-refractivity contribution in [3.05, 3.63) is 53.3 Å². The summed E-state index contributed by atoms with van der Waals surface area (Å²) in [4.78, 5) is 66.8. The number of pyridine rings is 1. The molecule has 4 rings (SSSR count). The number of hydrogen-bond acceptors (Lipinski definition) is 10. The summed E-state index contributed by atoms with van der Waals surface area (Å²) in [5.74, 6) is -6.35. The number of carboxylic acid groups (broad SMARTS) is 1. The summed E-state index contributed by atoms with van der Waals surface area (Å²) < 4.78 is 45.6. The third kappa shape index (κ3) is 7.24. The first kappa shape index (κ1) is 31.3. The van der Waals surface area contributed by atoms with Crippen LogP contribution in [-0.2, 0) is 46.3 Å². The highest BCUT2D eigenvalue weighted by molar-refractivity contribution is 6.08. The lowest BCUT2D eigenvalue weighted by atomic mass is 9.81. The number of likely N-dealkylation sites (tertiary alicyclic amines) is 1. The van der Waals surface area contributed by atoms with Crippen LogP contribution < -0.4 is 9.47 Å². The van der Waals surface area contributed by atoms with Crippen LogP contribution in [0.4, 0.5) is 8.78 Å². The maximum atomic E-state index is 13.3. The molecule has 1 aromatic carbocycles. The molecule has 2 aromatic rings. The monoisotopic (exact) mass is 604 g/mol. The van der Waals surface area contributed by atoms with E-state index in [2.05, 4.69) is 14.5 Å². The van der Waals surface area contributed by atoms with Gasteiger partial charge in [-0.1, -0.05) is 26.8 Å². The molecular weight excluding hydrogens is 574 g/mol. The van der Waals surface area contributed by atoms with Crippen molar-refractivity contribution in [1.82, 2.24) is 9.88 Å². The van der Waals surface area contributed by atoms with Gasteiger partial charge in [-0.3, -0.25) is 29.1 Å². The average Bonchev–Trinajstić information content (AvgIpc) is 3.22. The molecule has 0 radical (unpaired) electrons. The molecule has 1 N–H and O–H groups in total.